The molecule has 25 heavy (non-hydrogen) atoms. The lowest BCUT2D eigenvalue weighted by Gasteiger charge is -2.45. The van der Waals surface area contributed by atoms with Gasteiger partial charge in [0.2, 0.25) is 0 Å². The summed E-state index contributed by atoms with van der Waals surface area (Å²) in [6.45, 7) is 0.419. The minimum Gasteiger partial charge on any atom is -0.469 e. The van der Waals surface area contributed by atoms with Crippen molar-refractivity contribution in [1.82, 2.24) is 0 Å². The van der Waals surface area contributed by atoms with Crippen molar-refractivity contribution < 1.29 is 27.4 Å². The van der Waals surface area contributed by atoms with Gasteiger partial charge in [-0.05, 0) is 19.1 Å². The van der Waals surface area contributed by atoms with Gasteiger partial charge >= 0.3 is 12.1 Å². The van der Waals surface area contributed by atoms with Crippen molar-refractivity contribution in [3.8, 4) is 0 Å². The van der Waals surface area contributed by atoms with Crippen LogP contribution in [-0.4, -0.2) is 24.4 Å². The summed E-state index contributed by atoms with van der Waals surface area (Å²) >= 11 is 0. The molecule has 1 unspecified atom stereocenters. The van der Waals surface area contributed by atoms with Crippen molar-refractivity contribution in [3.05, 3.63) is 77.4 Å². The first kappa shape index (κ1) is 17.1. The molecule has 0 saturated heterocycles. The third-order valence-corrected chi connectivity index (χ3v) is 4.13. The van der Waals surface area contributed by atoms with E-state index in [1.165, 1.54) is 19.1 Å². The van der Waals surface area contributed by atoms with E-state index >= 15 is 0 Å². The molecule has 1 aliphatic rings. The van der Waals surface area contributed by atoms with Crippen molar-refractivity contribution in [2.45, 2.75) is 18.7 Å². The lowest BCUT2D eigenvalue weighted by atomic mass is 9.86. The smallest absolute Gasteiger partial charge is 0.435 e. The van der Waals surface area contributed by atoms with Crippen molar-refractivity contribution in [2.75, 3.05) is 6.61 Å². The summed E-state index contributed by atoms with van der Waals surface area (Å²) in [4.78, 5) is 12.0. The molecule has 0 spiro atoms. The van der Waals surface area contributed by atoms with E-state index in [2.05, 4.69) is 0 Å². The second-order valence-corrected chi connectivity index (χ2v) is 5.69. The Morgan fingerprint density at radius 1 is 1.04 bits per heavy atom. The molecule has 0 radical (unpaired) electrons. The molecular weight excluding hydrogens is 333 g/mol. The fourth-order valence-electron chi connectivity index (χ4n) is 2.64. The van der Waals surface area contributed by atoms with Gasteiger partial charge in [-0.1, -0.05) is 48.5 Å². The van der Waals surface area contributed by atoms with Crippen molar-refractivity contribution in [2.24, 2.45) is 0 Å². The molecule has 130 valence electrons. The van der Waals surface area contributed by atoms with Crippen LogP contribution in [0.25, 0.3) is 5.76 Å². The molecule has 3 nitrogen and oxygen atoms in total. The first-order valence-corrected chi connectivity index (χ1v) is 7.60. The number of alkyl halides is 3. The van der Waals surface area contributed by atoms with Crippen LogP contribution in [0, 0.1) is 0 Å². The van der Waals surface area contributed by atoms with Gasteiger partial charge < -0.3 is 9.47 Å². The monoisotopic (exact) mass is 348 g/mol. The fourth-order valence-corrected chi connectivity index (χ4v) is 2.64. The van der Waals surface area contributed by atoms with Crippen LogP contribution in [0.1, 0.15) is 22.8 Å². The van der Waals surface area contributed by atoms with Crippen LogP contribution >= 0.6 is 0 Å². The Hall–Kier alpha value is -2.76. The maximum atomic E-state index is 13.6. The highest BCUT2D eigenvalue weighted by molar-refractivity contribution is 5.89. The van der Waals surface area contributed by atoms with Crippen LogP contribution in [0.15, 0.2) is 66.2 Å². The highest BCUT2D eigenvalue weighted by atomic mass is 19.4. The zero-order chi connectivity index (χ0) is 18.1. The van der Waals surface area contributed by atoms with Gasteiger partial charge in [0.15, 0.2) is 0 Å². The zero-order valence-electron chi connectivity index (χ0n) is 13.3. The maximum Gasteiger partial charge on any atom is 0.435 e. The number of rotatable bonds is 4. The second kappa shape index (κ2) is 6.27. The average Bonchev–Trinajstić information content (AvgIpc) is 2.61. The molecule has 0 N–H and O–H groups in total. The number of esters is 1. The summed E-state index contributed by atoms with van der Waals surface area (Å²) < 4.78 is 50.8. The number of hydrogen-bond acceptors (Lipinski definition) is 3. The normalized spacial score (nSPS) is 19.8. The SMILES string of the molecule is CC1=C(c2ccccc2)OC1(COC(=O)c1ccccc1)C(F)(F)F. The predicted octanol–water partition coefficient (Wildman–Crippen LogP) is 4.61. The van der Waals surface area contributed by atoms with E-state index in [1.807, 2.05) is 0 Å². The van der Waals surface area contributed by atoms with E-state index in [9.17, 15) is 18.0 Å². The topological polar surface area (TPSA) is 35.5 Å². The van der Waals surface area contributed by atoms with Crippen molar-refractivity contribution in [1.29, 1.82) is 0 Å². The van der Waals surface area contributed by atoms with E-state index in [0.717, 1.165) is 0 Å². The van der Waals surface area contributed by atoms with Gasteiger partial charge in [0.25, 0.3) is 5.60 Å². The molecule has 3 rings (SSSR count). The molecular formula is C19H15F3O3. The summed E-state index contributed by atoms with van der Waals surface area (Å²) in [5.74, 6) is -0.664. The molecule has 1 aliphatic heterocycles. The summed E-state index contributed by atoms with van der Waals surface area (Å²) in [5, 5.41) is 0. The molecule has 2 aromatic rings. The molecule has 0 aromatic heterocycles. The third-order valence-electron chi connectivity index (χ3n) is 4.13. The number of carbonyl (C=O) groups is 1. The van der Waals surface area contributed by atoms with Crippen LogP contribution in [0.2, 0.25) is 0 Å². The Labute approximate surface area is 142 Å². The van der Waals surface area contributed by atoms with Gasteiger partial charge in [0.1, 0.15) is 12.4 Å². The van der Waals surface area contributed by atoms with E-state index < -0.39 is 24.4 Å². The number of halogens is 3. The zero-order valence-corrected chi connectivity index (χ0v) is 13.3. The van der Waals surface area contributed by atoms with Crippen LogP contribution in [0.3, 0.4) is 0 Å². The molecule has 6 heteroatoms. The van der Waals surface area contributed by atoms with Crippen molar-refractivity contribution in [3.63, 3.8) is 0 Å². The minimum absolute atomic E-state index is 0.00735. The summed E-state index contributed by atoms with van der Waals surface area (Å²) in [5.41, 5.74) is -1.88. The Balaban J connectivity index is 1.83. The van der Waals surface area contributed by atoms with Gasteiger partial charge in [-0.2, -0.15) is 13.2 Å². The van der Waals surface area contributed by atoms with Gasteiger partial charge in [-0.25, -0.2) is 4.79 Å². The summed E-state index contributed by atoms with van der Waals surface area (Å²) in [7, 11) is 0. The van der Waals surface area contributed by atoms with E-state index in [1.54, 1.807) is 48.5 Å². The number of benzene rings is 2. The Morgan fingerprint density at radius 3 is 2.12 bits per heavy atom. The number of carbonyl (C=O) groups excluding carboxylic acids is 1. The fraction of sp³-hybridized carbons (Fsp3) is 0.211. The number of ether oxygens (including phenoxy) is 2. The van der Waals surface area contributed by atoms with Crippen molar-refractivity contribution >= 4 is 11.7 Å². The minimum atomic E-state index is -4.70. The Kier molecular flexibility index (Phi) is 4.29. The third kappa shape index (κ3) is 2.99. The summed E-state index contributed by atoms with van der Waals surface area (Å²) in [6.07, 6.45) is -4.70. The lowest BCUT2D eigenvalue weighted by Crippen LogP contribution is -2.57. The second-order valence-electron chi connectivity index (χ2n) is 5.69. The van der Waals surface area contributed by atoms with Crippen LogP contribution in [-0.2, 0) is 9.47 Å². The predicted molar refractivity (Wildman–Crippen MR) is 85.6 cm³/mol. The molecule has 0 bridgehead atoms. The highest BCUT2D eigenvalue weighted by Crippen LogP contribution is 2.52. The largest absolute Gasteiger partial charge is 0.469 e. The van der Waals surface area contributed by atoms with Gasteiger partial charge in [0.05, 0.1) is 5.56 Å². The Bertz CT molecular complexity index is 798. The van der Waals surface area contributed by atoms with Gasteiger partial charge in [-0.3, -0.25) is 0 Å². The lowest BCUT2D eigenvalue weighted by molar-refractivity contribution is -0.265. The van der Waals surface area contributed by atoms with E-state index in [0.29, 0.717) is 5.56 Å². The van der Waals surface area contributed by atoms with E-state index in [-0.39, 0.29) is 16.9 Å². The quantitative estimate of drug-likeness (QED) is 0.757. The van der Waals surface area contributed by atoms with Gasteiger partial charge in [0, 0.05) is 11.1 Å². The van der Waals surface area contributed by atoms with Crippen LogP contribution in [0.5, 0.6) is 0 Å². The molecule has 0 aliphatic carbocycles. The molecule has 0 fully saturated rings. The van der Waals surface area contributed by atoms with E-state index in [4.69, 9.17) is 9.47 Å². The molecule has 2 aromatic carbocycles. The Morgan fingerprint density at radius 2 is 1.60 bits per heavy atom. The number of hydrogen-bond donors (Lipinski definition) is 0. The standard InChI is InChI=1S/C19H15F3O3/c1-13-16(14-8-4-2-5-9-14)25-18(13,19(20,21)22)12-24-17(23)15-10-6-3-7-11-15/h2-11H,12H2,1H3. The molecule has 1 heterocycles. The molecule has 0 amide bonds. The summed E-state index contributed by atoms with van der Waals surface area (Å²) in [6, 6.07) is 16.4. The van der Waals surface area contributed by atoms with Crippen LogP contribution < -0.4 is 0 Å². The highest BCUT2D eigenvalue weighted by Gasteiger charge is 2.65. The average molecular weight is 348 g/mol. The maximum absolute atomic E-state index is 13.6. The molecule has 0 saturated carbocycles. The van der Waals surface area contributed by atoms with Crippen LogP contribution in [0.4, 0.5) is 13.2 Å². The van der Waals surface area contributed by atoms with Gasteiger partial charge in [-0.15, -0.1) is 0 Å². The first-order valence-electron chi connectivity index (χ1n) is 7.60. The molecule has 1 atom stereocenters. The first-order chi connectivity index (χ1) is 11.8.